The van der Waals surface area contributed by atoms with Gasteiger partial charge in [0.05, 0.1) is 27.3 Å². The molecule has 1 N–H and O–H groups in total. The molecule has 1 unspecified atom stereocenters. The molecule has 1 aliphatic heterocycles. The molecule has 0 radical (unpaired) electrons. The van der Waals surface area contributed by atoms with Gasteiger partial charge in [0, 0.05) is 12.6 Å². The van der Waals surface area contributed by atoms with Gasteiger partial charge in [0.15, 0.2) is 11.5 Å². The van der Waals surface area contributed by atoms with Gasteiger partial charge in [-0.1, -0.05) is 0 Å². The van der Waals surface area contributed by atoms with E-state index < -0.39 is 0 Å². The summed E-state index contributed by atoms with van der Waals surface area (Å²) in [6.45, 7) is 0.730. The molecule has 2 amide bonds. The van der Waals surface area contributed by atoms with Gasteiger partial charge < -0.3 is 24.4 Å². The average molecular weight is 294 g/mol. The van der Waals surface area contributed by atoms with Crippen molar-refractivity contribution in [3.8, 4) is 11.5 Å². The molecule has 114 valence electrons. The molecule has 1 aliphatic rings. The number of ether oxygens (including phenoxy) is 3. The third-order valence-corrected chi connectivity index (χ3v) is 3.19. The zero-order valence-electron chi connectivity index (χ0n) is 12.2. The van der Waals surface area contributed by atoms with Crippen molar-refractivity contribution < 1.29 is 23.8 Å². The van der Waals surface area contributed by atoms with Crippen LogP contribution in [0.5, 0.6) is 11.5 Å². The number of amides is 2. The first-order valence-electron chi connectivity index (χ1n) is 6.47. The Balaban J connectivity index is 1.96. The summed E-state index contributed by atoms with van der Waals surface area (Å²) in [6, 6.07) is 4.90. The van der Waals surface area contributed by atoms with Crippen LogP contribution in [0, 0.1) is 0 Å². The minimum absolute atomic E-state index is 0.262. The summed E-state index contributed by atoms with van der Waals surface area (Å²) in [4.78, 5) is 24.7. The van der Waals surface area contributed by atoms with E-state index in [1.165, 1.54) is 19.1 Å². The maximum Gasteiger partial charge on any atom is 0.410 e. The number of cyclic esters (lactones) is 1. The van der Waals surface area contributed by atoms with Gasteiger partial charge in [-0.15, -0.1) is 0 Å². The number of carbonyl (C=O) groups is 2. The van der Waals surface area contributed by atoms with Crippen molar-refractivity contribution in [3.05, 3.63) is 23.8 Å². The number of hydrogen-bond acceptors (Lipinski definition) is 5. The SMILES string of the molecule is COc1ccc(C(=O)NCC2CN(C)C(=O)O2)cc1OC. The Hall–Kier alpha value is -2.44. The second kappa shape index (κ2) is 6.34. The number of benzene rings is 1. The summed E-state index contributed by atoms with van der Waals surface area (Å²) >= 11 is 0. The number of nitrogens with one attached hydrogen (secondary N) is 1. The Morgan fingerprint density at radius 3 is 2.67 bits per heavy atom. The van der Waals surface area contributed by atoms with Crippen molar-refractivity contribution in [2.45, 2.75) is 6.10 Å². The van der Waals surface area contributed by atoms with Crippen molar-refractivity contribution in [1.29, 1.82) is 0 Å². The summed E-state index contributed by atoms with van der Waals surface area (Å²) in [5.74, 6) is 0.777. The molecule has 0 aromatic heterocycles. The van der Waals surface area contributed by atoms with Gasteiger partial charge in [0.1, 0.15) is 6.10 Å². The molecule has 1 aromatic carbocycles. The van der Waals surface area contributed by atoms with Crippen LogP contribution in [0.3, 0.4) is 0 Å². The molecule has 7 heteroatoms. The van der Waals surface area contributed by atoms with Gasteiger partial charge in [-0.3, -0.25) is 4.79 Å². The average Bonchev–Trinajstić information content (AvgIpc) is 2.82. The normalized spacial score (nSPS) is 17.4. The molecule has 1 atom stereocenters. The lowest BCUT2D eigenvalue weighted by atomic mass is 10.2. The summed E-state index contributed by atoms with van der Waals surface area (Å²) in [7, 11) is 4.69. The van der Waals surface area contributed by atoms with E-state index in [-0.39, 0.29) is 24.6 Å². The predicted molar refractivity (Wildman–Crippen MR) is 74.8 cm³/mol. The molecule has 0 aliphatic carbocycles. The standard InChI is InChI=1S/C14H18N2O5/c1-16-8-10(21-14(16)18)7-15-13(17)9-4-5-11(19-2)12(6-9)20-3/h4-6,10H,7-8H2,1-3H3,(H,15,17). The lowest BCUT2D eigenvalue weighted by Crippen LogP contribution is -2.34. The first kappa shape index (κ1) is 15.0. The fourth-order valence-electron chi connectivity index (χ4n) is 2.04. The molecule has 0 spiro atoms. The first-order valence-corrected chi connectivity index (χ1v) is 6.47. The zero-order chi connectivity index (χ0) is 15.4. The molecular formula is C14H18N2O5. The number of hydrogen-bond donors (Lipinski definition) is 1. The van der Waals surface area contributed by atoms with Crippen LogP contribution in [0.4, 0.5) is 4.79 Å². The van der Waals surface area contributed by atoms with E-state index in [1.807, 2.05) is 0 Å². The topological polar surface area (TPSA) is 77.1 Å². The van der Waals surface area contributed by atoms with Crippen molar-refractivity contribution in [1.82, 2.24) is 10.2 Å². The number of likely N-dealkylation sites (N-methyl/N-ethyl adjacent to an activating group) is 1. The minimum Gasteiger partial charge on any atom is -0.493 e. The van der Waals surface area contributed by atoms with Crippen molar-refractivity contribution in [3.63, 3.8) is 0 Å². The monoisotopic (exact) mass is 294 g/mol. The van der Waals surface area contributed by atoms with Crippen LogP contribution in [0.2, 0.25) is 0 Å². The number of rotatable bonds is 5. The quantitative estimate of drug-likeness (QED) is 0.872. The second-order valence-electron chi connectivity index (χ2n) is 4.67. The van der Waals surface area contributed by atoms with Crippen LogP contribution in [-0.2, 0) is 4.74 Å². The zero-order valence-corrected chi connectivity index (χ0v) is 12.2. The van der Waals surface area contributed by atoms with E-state index in [0.29, 0.717) is 23.6 Å². The maximum atomic E-state index is 12.1. The molecule has 0 saturated carbocycles. The molecule has 1 heterocycles. The second-order valence-corrected chi connectivity index (χ2v) is 4.67. The van der Waals surface area contributed by atoms with Crippen LogP contribution < -0.4 is 14.8 Å². The van der Waals surface area contributed by atoms with Crippen LogP contribution in [0.15, 0.2) is 18.2 Å². The minimum atomic E-state index is -0.375. The Bertz CT molecular complexity index is 546. The molecular weight excluding hydrogens is 276 g/mol. The van der Waals surface area contributed by atoms with E-state index in [4.69, 9.17) is 14.2 Å². The Morgan fingerprint density at radius 2 is 2.10 bits per heavy atom. The highest BCUT2D eigenvalue weighted by atomic mass is 16.6. The summed E-state index contributed by atoms with van der Waals surface area (Å²) in [6.07, 6.45) is -0.702. The van der Waals surface area contributed by atoms with Crippen molar-refractivity contribution >= 4 is 12.0 Å². The van der Waals surface area contributed by atoms with Gasteiger partial charge in [-0.25, -0.2) is 4.79 Å². The fraction of sp³-hybridized carbons (Fsp3) is 0.429. The number of carbonyl (C=O) groups excluding carboxylic acids is 2. The lowest BCUT2D eigenvalue weighted by Gasteiger charge is -2.12. The van der Waals surface area contributed by atoms with Gasteiger partial charge in [0.2, 0.25) is 0 Å². The third-order valence-electron chi connectivity index (χ3n) is 3.19. The predicted octanol–water partition coefficient (Wildman–Crippen LogP) is 0.884. The maximum absolute atomic E-state index is 12.1. The van der Waals surface area contributed by atoms with Crippen molar-refractivity contribution in [2.24, 2.45) is 0 Å². The fourth-order valence-corrected chi connectivity index (χ4v) is 2.04. The summed E-state index contributed by atoms with van der Waals surface area (Å²) in [5.41, 5.74) is 0.449. The Labute approximate surface area is 122 Å². The van der Waals surface area contributed by atoms with Crippen LogP contribution in [-0.4, -0.2) is 57.4 Å². The van der Waals surface area contributed by atoms with Crippen LogP contribution in [0.1, 0.15) is 10.4 Å². The van der Waals surface area contributed by atoms with Gasteiger partial charge in [-0.05, 0) is 18.2 Å². The van der Waals surface area contributed by atoms with E-state index >= 15 is 0 Å². The smallest absolute Gasteiger partial charge is 0.410 e. The third kappa shape index (κ3) is 3.36. The molecule has 21 heavy (non-hydrogen) atoms. The van der Waals surface area contributed by atoms with E-state index in [9.17, 15) is 9.59 Å². The van der Waals surface area contributed by atoms with Crippen LogP contribution >= 0.6 is 0 Å². The Kier molecular flexibility index (Phi) is 4.52. The van der Waals surface area contributed by atoms with E-state index in [0.717, 1.165) is 0 Å². The highest BCUT2D eigenvalue weighted by Gasteiger charge is 2.28. The molecule has 7 nitrogen and oxygen atoms in total. The molecule has 2 rings (SSSR count). The molecule has 1 saturated heterocycles. The highest BCUT2D eigenvalue weighted by Crippen LogP contribution is 2.27. The number of nitrogens with zero attached hydrogens (tertiary/aromatic N) is 1. The summed E-state index contributed by atoms with van der Waals surface area (Å²) in [5, 5.41) is 2.73. The molecule has 1 fully saturated rings. The summed E-state index contributed by atoms with van der Waals surface area (Å²) < 4.78 is 15.3. The van der Waals surface area contributed by atoms with Crippen LogP contribution in [0.25, 0.3) is 0 Å². The van der Waals surface area contributed by atoms with E-state index in [2.05, 4.69) is 5.32 Å². The van der Waals surface area contributed by atoms with Crippen molar-refractivity contribution in [2.75, 3.05) is 34.4 Å². The Morgan fingerprint density at radius 1 is 1.38 bits per heavy atom. The van der Waals surface area contributed by atoms with Gasteiger partial charge in [0.25, 0.3) is 5.91 Å². The van der Waals surface area contributed by atoms with Gasteiger partial charge in [-0.2, -0.15) is 0 Å². The molecule has 0 bridgehead atoms. The van der Waals surface area contributed by atoms with Gasteiger partial charge >= 0.3 is 6.09 Å². The first-order chi connectivity index (χ1) is 10.0. The highest BCUT2D eigenvalue weighted by molar-refractivity contribution is 5.94. The van der Waals surface area contributed by atoms with E-state index in [1.54, 1.807) is 25.2 Å². The molecule has 1 aromatic rings. The lowest BCUT2D eigenvalue weighted by molar-refractivity contribution is 0.0914. The number of methoxy groups -OCH3 is 2. The largest absolute Gasteiger partial charge is 0.493 e.